The van der Waals surface area contributed by atoms with Crippen LogP contribution in [0, 0.1) is 0 Å². The molecule has 0 spiro atoms. The van der Waals surface area contributed by atoms with Crippen LogP contribution in [0.2, 0.25) is 0 Å². The molecule has 0 amide bonds. The number of rotatable bonds is 3. The van der Waals surface area contributed by atoms with Gasteiger partial charge in [0.25, 0.3) is 0 Å². The van der Waals surface area contributed by atoms with Crippen molar-refractivity contribution >= 4 is 16.4 Å². The predicted octanol–water partition coefficient (Wildman–Crippen LogP) is 4.15. The zero-order valence-electron chi connectivity index (χ0n) is 12.2. The Labute approximate surface area is 133 Å². The first-order valence-corrected chi connectivity index (χ1v) is 8.26. The van der Waals surface area contributed by atoms with E-state index in [9.17, 15) is 17.4 Å². The van der Waals surface area contributed by atoms with Crippen LogP contribution in [0.4, 0.5) is 13.2 Å². The van der Waals surface area contributed by atoms with Gasteiger partial charge in [0.2, 0.25) is 0 Å². The number of alkyl halides is 3. The van der Waals surface area contributed by atoms with E-state index < -0.39 is 22.5 Å². The van der Waals surface area contributed by atoms with Crippen molar-refractivity contribution in [3.8, 4) is 11.3 Å². The topological polar surface area (TPSA) is 34.4 Å². The molecule has 0 aliphatic rings. The summed E-state index contributed by atoms with van der Waals surface area (Å²) in [5.74, 6) is 0.461. The molecule has 23 heavy (non-hydrogen) atoms. The minimum atomic E-state index is -4.40. The van der Waals surface area contributed by atoms with Crippen molar-refractivity contribution < 1.29 is 17.4 Å². The summed E-state index contributed by atoms with van der Waals surface area (Å²) in [5, 5.41) is 0. The number of halogens is 3. The fourth-order valence-corrected chi connectivity index (χ4v) is 3.28. The van der Waals surface area contributed by atoms with E-state index in [4.69, 9.17) is 0 Å². The number of hydrogen-bond donors (Lipinski definition) is 0. The summed E-state index contributed by atoms with van der Waals surface area (Å²) in [4.78, 5) is 4.98. The molecule has 3 nitrogen and oxygen atoms in total. The lowest BCUT2D eigenvalue weighted by atomic mass is 10.2. The van der Waals surface area contributed by atoms with Crippen LogP contribution in [-0.2, 0) is 17.0 Å². The van der Waals surface area contributed by atoms with Gasteiger partial charge in [-0.15, -0.1) is 0 Å². The molecule has 1 unspecified atom stereocenters. The first-order chi connectivity index (χ1) is 10.9. The zero-order chi connectivity index (χ0) is 16.6. The second kappa shape index (κ2) is 5.81. The number of fused-ring (bicyclic) bond motifs is 1. The van der Waals surface area contributed by atoms with Crippen LogP contribution in [0.15, 0.2) is 53.7 Å². The maximum Gasteiger partial charge on any atom is 0.417 e. The Morgan fingerprint density at radius 3 is 2.57 bits per heavy atom. The third-order valence-corrected chi connectivity index (χ3v) is 4.82. The summed E-state index contributed by atoms with van der Waals surface area (Å²) in [5.41, 5.74) is 0.844. The van der Waals surface area contributed by atoms with E-state index >= 15 is 0 Å². The molecular formula is C16H13F3N2OS. The highest BCUT2D eigenvalue weighted by atomic mass is 32.2. The molecule has 1 aromatic carbocycles. The summed E-state index contributed by atoms with van der Waals surface area (Å²) in [6.45, 7) is 1.81. The average Bonchev–Trinajstić information content (AvgIpc) is 2.96. The molecule has 3 aromatic rings. The summed E-state index contributed by atoms with van der Waals surface area (Å²) >= 11 is 0. The molecular weight excluding hydrogens is 325 g/mol. The van der Waals surface area contributed by atoms with Crippen molar-refractivity contribution in [1.29, 1.82) is 0 Å². The van der Waals surface area contributed by atoms with Crippen LogP contribution in [-0.4, -0.2) is 19.3 Å². The normalized spacial score (nSPS) is 13.4. The van der Waals surface area contributed by atoms with Gasteiger partial charge in [-0.05, 0) is 18.2 Å². The fraction of sp³-hybridized carbons (Fsp3) is 0.188. The maximum atomic E-state index is 12.8. The van der Waals surface area contributed by atoms with Crippen LogP contribution in [0.3, 0.4) is 0 Å². The molecule has 120 valence electrons. The molecule has 7 heteroatoms. The standard InChI is InChI=1S/C16H13F3N2OS/c1-2-23(22)14-6-4-3-5-12(14)13-10-21-9-11(16(17,18)19)7-8-15(21)20-13/h3-10H,2H2,1H3. The minimum absolute atomic E-state index is 0.407. The molecule has 0 saturated heterocycles. The molecule has 0 radical (unpaired) electrons. The van der Waals surface area contributed by atoms with E-state index in [0.717, 1.165) is 12.3 Å². The van der Waals surface area contributed by atoms with Crippen LogP contribution < -0.4 is 0 Å². The Morgan fingerprint density at radius 1 is 1.13 bits per heavy atom. The predicted molar refractivity (Wildman–Crippen MR) is 82.6 cm³/mol. The van der Waals surface area contributed by atoms with E-state index in [1.807, 2.05) is 6.92 Å². The Bertz CT molecular complexity index is 886. The highest BCUT2D eigenvalue weighted by Gasteiger charge is 2.30. The lowest BCUT2D eigenvalue weighted by molar-refractivity contribution is -0.137. The van der Waals surface area contributed by atoms with Crippen molar-refractivity contribution in [1.82, 2.24) is 9.38 Å². The van der Waals surface area contributed by atoms with E-state index in [0.29, 0.717) is 27.6 Å². The number of aromatic nitrogens is 2. The third-order valence-electron chi connectivity index (χ3n) is 3.45. The zero-order valence-corrected chi connectivity index (χ0v) is 13.0. The Morgan fingerprint density at radius 2 is 1.87 bits per heavy atom. The van der Waals surface area contributed by atoms with Gasteiger partial charge in [0.05, 0.1) is 22.1 Å². The molecule has 0 saturated carbocycles. The monoisotopic (exact) mass is 338 g/mol. The van der Waals surface area contributed by atoms with Crippen LogP contribution in [0.25, 0.3) is 16.9 Å². The third kappa shape index (κ3) is 3.01. The van der Waals surface area contributed by atoms with Crippen molar-refractivity contribution in [3.05, 3.63) is 54.4 Å². The lowest BCUT2D eigenvalue weighted by Gasteiger charge is -2.06. The smallest absolute Gasteiger partial charge is 0.306 e. The van der Waals surface area contributed by atoms with E-state index in [-0.39, 0.29) is 0 Å². The highest BCUT2D eigenvalue weighted by Crippen LogP contribution is 2.31. The second-order valence-corrected chi connectivity index (χ2v) is 6.65. The number of hydrogen-bond acceptors (Lipinski definition) is 2. The summed E-state index contributed by atoms with van der Waals surface area (Å²) in [6.07, 6.45) is -1.87. The largest absolute Gasteiger partial charge is 0.417 e. The molecule has 0 aliphatic heterocycles. The van der Waals surface area contributed by atoms with Crippen molar-refractivity contribution in [2.75, 3.05) is 5.75 Å². The van der Waals surface area contributed by atoms with Crippen LogP contribution in [0.1, 0.15) is 12.5 Å². The molecule has 0 N–H and O–H groups in total. The highest BCUT2D eigenvalue weighted by molar-refractivity contribution is 7.85. The Balaban J connectivity index is 2.13. The number of imidazole rings is 1. The number of benzene rings is 1. The van der Waals surface area contributed by atoms with Gasteiger partial charge in [0.15, 0.2) is 0 Å². The first kappa shape index (κ1) is 15.7. The van der Waals surface area contributed by atoms with Crippen molar-refractivity contribution in [2.45, 2.75) is 18.0 Å². The molecule has 0 fully saturated rings. The van der Waals surface area contributed by atoms with Crippen LogP contribution >= 0.6 is 0 Å². The summed E-state index contributed by atoms with van der Waals surface area (Å²) in [7, 11) is -1.17. The van der Waals surface area contributed by atoms with Gasteiger partial charge >= 0.3 is 6.18 Å². The molecule has 1 atom stereocenters. The van der Waals surface area contributed by atoms with E-state index in [1.165, 1.54) is 16.7 Å². The number of nitrogens with zero attached hydrogens (tertiary/aromatic N) is 2. The Kier molecular flexibility index (Phi) is 3.97. The molecule has 0 aliphatic carbocycles. The van der Waals surface area contributed by atoms with Crippen LogP contribution in [0.5, 0.6) is 0 Å². The van der Waals surface area contributed by atoms with Gasteiger partial charge in [-0.1, -0.05) is 25.1 Å². The van der Waals surface area contributed by atoms with Gasteiger partial charge < -0.3 is 4.40 Å². The molecule has 0 bridgehead atoms. The van der Waals surface area contributed by atoms with Crippen molar-refractivity contribution in [3.63, 3.8) is 0 Å². The first-order valence-electron chi connectivity index (χ1n) is 6.94. The van der Waals surface area contributed by atoms with E-state index in [1.54, 1.807) is 24.3 Å². The lowest BCUT2D eigenvalue weighted by Crippen LogP contribution is -2.05. The molecule has 2 aromatic heterocycles. The summed E-state index contributed by atoms with van der Waals surface area (Å²) in [6, 6.07) is 9.42. The number of pyridine rings is 1. The van der Waals surface area contributed by atoms with E-state index in [2.05, 4.69) is 4.98 Å². The van der Waals surface area contributed by atoms with Gasteiger partial charge in [0, 0.05) is 28.6 Å². The second-order valence-electron chi connectivity index (χ2n) is 4.94. The van der Waals surface area contributed by atoms with Crippen molar-refractivity contribution in [2.24, 2.45) is 0 Å². The van der Waals surface area contributed by atoms with Gasteiger partial charge in [-0.2, -0.15) is 13.2 Å². The van der Waals surface area contributed by atoms with Gasteiger partial charge in [-0.3, -0.25) is 4.21 Å². The SMILES string of the molecule is CCS(=O)c1ccccc1-c1cn2cc(C(F)(F)F)ccc2n1. The fourth-order valence-electron chi connectivity index (χ4n) is 2.32. The quantitative estimate of drug-likeness (QED) is 0.719. The summed E-state index contributed by atoms with van der Waals surface area (Å²) < 4.78 is 51.8. The molecule has 3 rings (SSSR count). The Hall–Kier alpha value is -2.15. The minimum Gasteiger partial charge on any atom is -0.306 e. The maximum absolute atomic E-state index is 12.8. The van der Waals surface area contributed by atoms with Gasteiger partial charge in [-0.25, -0.2) is 4.98 Å². The average molecular weight is 338 g/mol. The van der Waals surface area contributed by atoms with Gasteiger partial charge in [0.1, 0.15) is 5.65 Å². The molecule has 2 heterocycles.